The first-order valence-corrected chi connectivity index (χ1v) is 4.16. The number of hydrogen-bond donors (Lipinski definition) is 2. The van der Waals surface area contributed by atoms with Gasteiger partial charge in [-0.3, -0.25) is 5.41 Å². The molecule has 56 valence electrons. The fourth-order valence-electron chi connectivity index (χ4n) is 0.910. The highest BCUT2D eigenvalue weighted by atomic mass is 79.9. The molecule has 0 aliphatic heterocycles. The summed E-state index contributed by atoms with van der Waals surface area (Å²) >= 11 is 3.16. The van der Waals surface area contributed by atoms with Crippen molar-refractivity contribution in [1.82, 2.24) is 5.32 Å². The molecule has 0 bridgehead atoms. The smallest absolute Gasteiger partial charge is 0.102 e. The average Bonchev–Trinajstić information content (AvgIpc) is 2.63. The van der Waals surface area contributed by atoms with Crippen LogP contribution in [-0.2, 0) is 0 Å². The standard InChI is InChI=1S/C7H11BrN2/c1-10-4-6(7(8)9)5-2-3-5/h4-5,9-10H,2-3H2,1H3/b6-4-,9-7?. The van der Waals surface area contributed by atoms with Crippen molar-refractivity contribution in [1.29, 1.82) is 5.41 Å². The first-order valence-electron chi connectivity index (χ1n) is 3.37. The van der Waals surface area contributed by atoms with Crippen LogP contribution < -0.4 is 5.32 Å². The molecule has 2 N–H and O–H groups in total. The summed E-state index contributed by atoms with van der Waals surface area (Å²) in [5.41, 5.74) is 1.10. The van der Waals surface area contributed by atoms with Crippen LogP contribution in [0.15, 0.2) is 11.8 Å². The van der Waals surface area contributed by atoms with Crippen molar-refractivity contribution in [3.63, 3.8) is 0 Å². The van der Waals surface area contributed by atoms with E-state index in [1.165, 1.54) is 12.8 Å². The Bertz CT molecular complexity index is 170. The van der Waals surface area contributed by atoms with Crippen molar-refractivity contribution in [2.24, 2.45) is 5.92 Å². The summed E-state index contributed by atoms with van der Waals surface area (Å²) in [7, 11) is 1.86. The Kier molecular flexibility index (Phi) is 2.49. The lowest BCUT2D eigenvalue weighted by Crippen LogP contribution is -2.02. The second-order valence-corrected chi connectivity index (χ2v) is 3.27. The van der Waals surface area contributed by atoms with Gasteiger partial charge in [0, 0.05) is 18.8 Å². The van der Waals surface area contributed by atoms with E-state index in [1.807, 2.05) is 13.2 Å². The van der Waals surface area contributed by atoms with Crippen molar-refractivity contribution in [3.8, 4) is 0 Å². The van der Waals surface area contributed by atoms with Crippen LogP contribution in [0.1, 0.15) is 12.8 Å². The van der Waals surface area contributed by atoms with Crippen LogP contribution in [0.5, 0.6) is 0 Å². The first kappa shape index (κ1) is 7.79. The van der Waals surface area contributed by atoms with E-state index >= 15 is 0 Å². The molecule has 1 fully saturated rings. The maximum absolute atomic E-state index is 7.33. The highest BCUT2D eigenvalue weighted by Gasteiger charge is 2.27. The molecule has 0 saturated heterocycles. The summed E-state index contributed by atoms with van der Waals surface area (Å²) in [6, 6.07) is 0. The van der Waals surface area contributed by atoms with Gasteiger partial charge in [0.05, 0.1) is 0 Å². The van der Waals surface area contributed by atoms with E-state index in [9.17, 15) is 0 Å². The maximum Gasteiger partial charge on any atom is 0.102 e. The Balaban J connectivity index is 2.58. The third-order valence-corrected chi connectivity index (χ3v) is 2.03. The molecule has 0 aromatic rings. The van der Waals surface area contributed by atoms with Gasteiger partial charge in [-0.15, -0.1) is 0 Å². The van der Waals surface area contributed by atoms with E-state index in [1.54, 1.807) is 0 Å². The van der Waals surface area contributed by atoms with Crippen LogP contribution in [0.25, 0.3) is 0 Å². The topological polar surface area (TPSA) is 35.9 Å². The van der Waals surface area contributed by atoms with E-state index in [-0.39, 0.29) is 0 Å². The Morgan fingerprint density at radius 3 is 2.60 bits per heavy atom. The van der Waals surface area contributed by atoms with Crippen LogP contribution in [0.2, 0.25) is 0 Å². The Hall–Kier alpha value is -0.310. The van der Waals surface area contributed by atoms with Gasteiger partial charge < -0.3 is 5.32 Å². The van der Waals surface area contributed by atoms with Gasteiger partial charge in [0.1, 0.15) is 4.62 Å². The Labute approximate surface area is 69.3 Å². The molecule has 1 rings (SSSR count). The fraction of sp³-hybridized carbons (Fsp3) is 0.571. The van der Waals surface area contributed by atoms with Crippen molar-refractivity contribution in [2.45, 2.75) is 12.8 Å². The second kappa shape index (κ2) is 3.19. The molecule has 1 saturated carbocycles. The zero-order chi connectivity index (χ0) is 7.56. The van der Waals surface area contributed by atoms with Crippen LogP contribution in [0.4, 0.5) is 0 Å². The number of hydrogen-bond acceptors (Lipinski definition) is 2. The second-order valence-electron chi connectivity index (χ2n) is 2.48. The van der Waals surface area contributed by atoms with Gasteiger partial charge in [0.15, 0.2) is 0 Å². The van der Waals surface area contributed by atoms with Gasteiger partial charge in [-0.2, -0.15) is 0 Å². The van der Waals surface area contributed by atoms with E-state index in [4.69, 9.17) is 5.41 Å². The third-order valence-electron chi connectivity index (χ3n) is 1.57. The van der Waals surface area contributed by atoms with Crippen LogP contribution >= 0.6 is 15.9 Å². The van der Waals surface area contributed by atoms with Gasteiger partial charge in [-0.05, 0) is 34.7 Å². The molecule has 1 aliphatic carbocycles. The highest BCUT2D eigenvalue weighted by Crippen LogP contribution is 2.37. The lowest BCUT2D eigenvalue weighted by Gasteiger charge is -1.99. The van der Waals surface area contributed by atoms with E-state index in [2.05, 4.69) is 21.2 Å². The molecule has 0 heterocycles. The fourth-order valence-corrected chi connectivity index (χ4v) is 1.35. The Morgan fingerprint density at radius 1 is 1.70 bits per heavy atom. The number of nitrogens with one attached hydrogen (secondary N) is 2. The van der Waals surface area contributed by atoms with Crippen molar-refractivity contribution in [2.75, 3.05) is 7.05 Å². The lowest BCUT2D eigenvalue weighted by molar-refractivity contribution is 1.01. The molecule has 10 heavy (non-hydrogen) atoms. The summed E-state index contributed by atoms with van der Waals surface area (Å²) in [6.45, 7) is 0. The molecule has 0 spiro atoms. The quantitative estimate of drug-likeness (QED) is 0.675. The zero-order valence-corrected chi connectivity index (χ0v) is 7.53. The summed E-state index contributed by atoms with van der Waals surface area (Å²) < 4.78 is 0.518. The van der Waals surface area contributed by atoms with Crippen LogP contribution in [0, 0.1) is 11.3 Å². The predicted octanol–water partition coefficient (Wildman–Crippen LogP) is 1.87. The predicted molar refractivity (Wildman–Crippen MR) is 46.5 cm³/mol. The minimum Gasteiger partial charge on any atom is -0.394 e. The monoisotopic (exact) mass is 202 g/mol. The molecule has 0 unspecified atom stereocenters. The van der Waals surface area contributed by atoms with Crippen LogP contribution in [-0.4, -0.2) is 11.7 Å². The van der Waals surface area contributed by atoms with E-state index in [0.29, 0.717) is 10.5 Å². The van der Waals surface area contributed by atoms with Gasteiger partial charge in [-0.25, -0.2) is 0 Å². The number of halogens is 1. The summed E-state index contributed by atoms with van der Waals surface area (Å²) in [4.78, 5) is 0. The largest absolute Gasteiger partial charge is 0.394 e. The molecule has 3 heteroatoms. The van der Waals surface area contributed by atoms with Gasteiger partial charge in [-0.1, -0.05) is 0 Å². The van der Waals surface area contributed by atoms with Crippen molar-refractivity contribution in [3.05, 3.63) is 11.8 Å². The number of rotatable bonds is 3. The molecular weight excluding hydrogens is 192 g/mol. The Morgan fingerprint density at radius 2 is 2.30 bits per heavy atom. The zero-order valence-electron chi connectivity index (χ0n) is 5.95. The average molecular weight is 203 g/mol. The molecule has 0 aromatic heterocycles. The lowest BCUT2D eigenvalue weighted by atomic mass is 10.2. The molecule has 1 aliphatic rings. The molecular formula is C7H11BrN2. The molecule has 2 nitrogen and oxygen atoms in total. The van der Waals surface area contributed by atoms with Crippen LogP contribution in [0.3, 0.4) is 0 Å². The molecule has 0 aromatic carbocycles. The molecule has 0 amide bonds. The maximum atomic E-state index is 7.33. The third kappa shape index (κ3) is 1.84. The molecule has 0 radical (unpaired) electrons. The normalized spacial score (nSPS) is 18.8. The van der Waals surface area contributed by atoms with Gasteiger partial charge in [0.25, 0.3) is 0 Å². The number of allylic oxidation sites excluding steroid dienone is 1. The first-order chi connectivity index (χ1) is 4.75. The SMILES string of the molecule is CN/C=C(\C(=N)Br)C1CC1. The highest BCUT2D eigenvalue weighted by molar-refractivity contribution is 9.18. The molecule has 0 atom stereocenters. The van der Waals surface area contributed by atoms with E-state index in [0.717, 1.165) is 5.57 Å². The minimum absolute atomic E-state index is 0.518. The van der Waals surface area contributed by atoms with E-state index < -0.39 is 0 Å². The van der Waals surface area contributed by atoms with Gasteiger partial charge >= 0.3 is 0 Å². The van der Waals surface area contributed by atoms with Crippen molar-refractivity contribution >= 4 is 20.6 Å². The summed E-state index contributed by atoms with van der Waals surface area (Å²) in [5.74, 6) is 0.638. The summed E-state index contributed by atoms with van der Waals surface area (Å²) in [5, 5.41) is 10.3. The van der Waals surface area contributed by atoms with Gasteiger partial charge in [0.2, 0.25) is 0 Å². The minimum atomic E-state index is 0.518. The van der Waals surface area contributed by atoms with Crippen molar-refractivity contribution < 1.29 is 0 Å². The summed E-state index contributed by atoms with van der Waals surface area (Å²) in [6.07, 6.45) is 4.37.